The summed E-state index contributed by atoms with van der Waals surface area (Å²) in [5.74, 6) is -0.119. The standard InChI is InChI=1S/C18H19ClN4O3/c19-14-1-2-17(23(25)26)16(11-14)18(24)21-12-13-5-9-22(10-6-13)15-3-7-20-8-4-15/h1-4,7-8,11,13H,5-6,9-10,12H2,(H,21,24). The first kappa shape index (κ1) is 18.1. The molecule has 136 valence electrons. The zero-order valence-corrected chi connectivity index (χ0v) is 14.9. The van der Waals surface area contributed by atoms with E-state index in [2.05, 4.69) is 15.2 Å². The molecule has 0 saturated carbocycles. The summed E-state index contributed by atoms with van der Waals surface area (Å²) >= 11 is 5.88. The lowest BCUT2D eigenvalue weighted by Crippen LogP contribution is -2.38. The summed E-state index contributed by atoms with van der Waals surface area (Å²) < 4.78 is 0. The summed E-state index contributed by atoms with van der Waals surface area (Å²) in [6.45, 7) is 2.30. The summed E-state index contributed by atoms with van der Waals surface area (Å²) in [6, 6.07) is 7.97. The number of nitrogens with one attached hydrogen (secondary N) is 1. The van der Waals surface area contributed by atoms with Crippen molar-refractivity contribution in [3.8, 4) is 0 Å². The molecule has 1 N–H and O–H groups in total. The van der Waals surface area contributed by atoms with Crippen molar-refractivity contribution in [1.29, 1.82) is 0 Å². The molecule has 2 heterocycles. The lowest BCUT2D eigenvalue weighted by atomic mass is 9.96. The van der Waals surface area contributed by atoms with Gasteiger partial charge in [0.25, 0.3) is 11.6 Å². The number of nitro benzene ring substituents is 1. The summed E-state index contributed by atoms with van der Waals surface area (Å²) in [4.78, 5) is 29.2. The molecule has 0 bridgehead atoms. The Labute approximate surface area is 156 Å². The molecule has 26 heavy (non-hydrogen) atoms. The van der Waals surface area contributed by atoms with Crippen LogP contribution in [-0.2, 0) is 0 Å². The number of amides is 1. The molecule has 8 heteroatoms. The van der Waals surface area contributed by atoms with Gasteiger partial charge in [-0.1, -0.05) is 11.6 Å². The van der Waals surface area contributed by atoms with Crippen molar-refractivity contribution in [2.45, 2.75) is 12.8 Å². The molecule has 0 radical (unpaired) electrons. The smallest absolute Gasteiger partial charge is 0.282 e. The molecule has 1 aromatic carbocycles. The van der Waals surface area contributed by atoms with Crippen LogP contribution in [0.4, 0.5) is 11.4 Å². The summed E-state index contributed by atoms with van der Waals surface area (Å²) in [6.07, 6.45) is 5.44. The van der Waals surface area contributed by atoms with Crippen LogP contribution >= 0.6 is 11.6 Å². The van der Waals surface area contributed by atoms with Crippen molar-refractivity contribution in [3.05, 3.63) is 63.4 Å². The third-order valence-corrected chi connectivity index (χ3v) is 4.83. The molecule has 1 aromatic heterocycles. The van der Waals surface area contributed by atoms with Crippen LogP contribution in [-0.4, -0.2) is 35.4 Å². The third kappa shape index (κ3) is 4.29. The Kier molecular flexibility index (Phi) is 5.68. The van der Waals surface area contributed by atoms with Crippen LogP contribution in [0.15, 0.2) is 42.7 Å². The fourth-order valence-corrected chi connectivity index (χ4v) is 3.30. The Morgan fingerprint density at radius 3 is 2.62 bits per heavy atom. The van der Waals surface area contributed by atoms with Gasteiger partial charge >= 0.3 is 0 Å². The Balaban J connectivity index is 1.55. The monoisotopic (exact) mass is 374 g/mol. The first-order valence-electron chi connectivity index (χ1n) is 8.41. The van der Waals surface area contributed by atoms with Crippen LogP contribution in [0.5, 0.6) is 0 Å². The Morgan fingerprint density at radius 1 is 1.27 bits per heavy atom. The number of nitrogens with zero attached hydrogens (tertiary/aromatic N) is 3. The van der Waals surface area contributed by atoms with Gasteiger partial charge < -0.3 is 10.2 Å². The molecule has 3 rings (SSSR count). The van der Waals surface area contributed by atoms with Crippen molar-refractivity contribution in [3.63, 3.8) is 0 Å². The van der Waals surface area contributed by atoms with Crippen molar-refractivity contribution >= 4 is 28.9 Å². The molecule has 1 amide bonds. The van der Waals surface area contributed by atoms with E-state index in [1.54, 1.807) is 12.4 Å². The second-order valence-electron chi connectivity index (χ2n) is 6.26. The summed E-state index contributed by atoms with van der Waals surface area (Å²) in [5.41, 5.74) is 0.910. The number of aromatic nitrogens is 1. The minimum absolute atomic E-state index is 0.00304. The number of carbonyl (C=O) groups is 1. The number of carbonyl (C=O) groups excluding carboxylic acids is 1. The number of rotatable bonds is 5. The maximum Gasteiger partial charge on any atom is 0.282 e. The number of benzene rings is 1. The van der Waals surface area contributed by atoms with Crippen LogP contribution in [0, 0.1) is 16.0 Å². The maximum absolute atomic E-state index is 12.4. The minimum atomic E-state index is -0.571. The van der Waals surface area contributed by atoms with Gasteiger partial charge in [0.05, 0.1) is 4.92 Å². The summed E-state index contributed by atoms with van der Waals surface area (Å²) in [5, 5.41) is 14.2. The van der Waals surface area contributed by atoms with E-state index in [0.717, 1.165) is 31.6 Å². The molecule has 1 fully saturated rings. The van der Waals surface area contributed by atoms with E-state index in [1.165, 1.54) is 18.2 Å². The number of hydrogen-bond donors (Lipinski definition) is 1. The highest BCUT2D eigenvalue weighted by Crippen LogP contribution is 2.24. The van der Waals surface area contributed by atoms with E-state index >= 15 is 0 Å². The number of pyridine rings is 1. The van der Waals surface area contributed by atoms with Gasteiger partial charge in [-0.15, -0.1) is 0 Å². The van der Waals surface area contributed by atoms with E-state index in [1.807, 2.05) is 12.1 Å². The molecule has 0 aliphatic carbocycles. The largest absolute Gasteiger partial charge is 0.371 e. The van der Waals surface area contributed by atoms with Crippen LogP contribution in [0.3, 0.4) is 0 Å². The average Bonchev–Trinajstić information content (AvgIpc) is 2.67. The Morgan fingerprint density at radius 2 is 1.96 bits per heavy atom. The number of piperidine rings is 1. The molecule has 1 saturated heterocycles. The first-order chi connectivity index (χ1) is 12.5. The highest BCUT2D eigenvalue weighted by Gasteiger charge is 2.23. The molecular formula is C18H19ClN4O3. The lowest BCUT2D eigenvalue weighted by molar-refractivity contribution is -0.385. The zero-order valence-electron chi connectivity index (χ0n) is 14.1. The minimum Gasteiger partial charge on any atom is -0.371 e. The quantitative estimate of drug-likeness (QED) is 0.640. The zero-order chi connectivity index (χ0) is 18.5. The summed E-state index contributed by atoms with van der Waals surface area (Å²) in [7, 11) is 0. The molecule has 0 atom stereocenters. The first-order valence-corrected chi connectivity index (χ1v) is 8.79. The van der Waals surface area contributed by atoms with Crippen LogP contribution in [0.2, 0.25) is 5.02 Å². The average molecular weight is 375 g/mol. The van der Waals surface area contributed by atoms with Crippen LogP contribution < -0.4 is 10.2 Å². The van der Waals surface area contributed by atoms with Gasteiger partial charge in [0, 0.05) is 48.8 Å². The topological polar surface area (TPSA) is 88.4 Å². The highest BCUT2D eigenvalue weighted by molar-refractivity contribution is 6.31. The predicted octanol–water partition coefficient (Wildman–Crippen LogP) is 3.29. The number of anilines is 1. The Hall–Kier alpha value is -2.67. The van der Waals surface area contributed by atoms with E-state index in [9.17, 15) is 14.9 Å². The SMILES string of the molecule is O=C(NCC1CCN(c2ccncc2)CC1)c1cc(Cl)ccc1[N+](=O)[O-]. The van der Waals surface area contributed by atoms with Gasteiger partial charge in [-0.25, -0.2) is 0 Å². The van der Waals surface area contributed by atoms with Gasteiger partial charge in [0.1, 0.15) is 5.56 Å². The van der Waals surface area contributed by atoms with E-state index in [-0.39, 0.29) is 11.3 Å². The fourth-order valence-electron chi connectivity index (χ4n) is 3.13. The van der Waals surface area contributed by atoms with Gasteiger partial charge in [-0.05, 0) is 43.0 Å². The van der Waals surface area contributed by atoms with E-state index < -0.39 is 10.8 Å². The maximum atomic E-state index is 12.4. The molecule has 1 aliphatic heterocycles. The van der Waals surface area contributed by atoms with Crippen molar-refractivity contribution in [2.24, 2.45) is 5.92 Å². The normalized spacial score (nSPS) is 14.9. The van der Waals surface area contributed by atoms with E-state index in [0.29, 0.717) is 17.5 Å². The van der Waals surface area contributed by atoms with Gasteiger partial charge in [-0.2, -0.15) is 0 Å². The molecule has 0 unspecified atom stereocenters. The van der Waals surface area contributed by atoms with Crippen molar-refractivity contribution in [2.75, 3.05) is 24.5 Å². The molecule has 1 aliphatic rings. The van der Waals surface area contributed by atoms with Crippen molar-refractivity contribution < 1.29 is 9.72 Å². The van der Waals surface area contributed by atoms with Crippen molar-refractivity contribution in [1.82, 2.24) is 10.3 Å². The van der Waals surface area contributed by atoms with Gasteiger partial charge in [0.2, 0.25) is 0 Å². The lowest BCUT2D eigenvalue weighted by Gasteiger charge is -2.33. The second-order valence-corrected chi connectivity index (χ2v) is 6.70. The predicted molar refractivity (Wildman–Crippen MR) is 99.6 cm³/mol. The molecule has 0 spiro atoms. The van der Waals surface area contributed by atoms with Crippen LogP contribution in [0.1, 0.15) is 23.2 Å². The molecular weight excluding hydrogens is 356 g/mol. The van der Waals surface area contributed by atoms with E-state index in [4.69, 9.17) is 11.6 Å². The molecule has 2 aromatic rings. The Bertz CT molecular complexity index is 792. The fraction of sp³-hybridized carbons (Fsp3) is 0.333. The second kappa shape index (κ2) is 8.14. The van der Waals surface area contributed by atoms with Crippen LogP contribution in [0.25, 0.3) is 0 Å². The number of halogens is 1. The number of nitro groups is 1. The third-order valence-electron chi connectivity index (χ3n) is 4.59. The van der Waals surface area contributed by atoms with Gasteiger partial charge in [-0.3, -0.25) is 19.9 Å². The van der Waals surface area contributed by atoms with Gasteiger partial charge in [0.15, 0.2) is 0 Å². The number of hydrogen-bond acceptors (Lipinski definition) is 5. The highest BCUT2D eigenvalue weighted by atomic mass is 35.5. The molecule has 7 nitrogen and oxygen atoms in total.